The number of benzene rings is 2. The first kappa shape index (κ1) is 23.2. The third-order valence-electron chi connectivity index (χ3n) is 6.07. The summed E-state index contributed by atoms with van der Waals surface area (Å²) in [6.07, 6.45) is 5.09. The lowest BCUT2D eigenvalue weighted by atomic mass is 9.95. The van der Waals surface area contributed by atoms with E-state index in [2.05, 4.69) is 21.8 Å². The highest BCUT2D eigenvalue weighted by atomic mass is 16.5. The van der Waals surface area contributed by atoms with Crippen LogP contribution in [0.4, 0.5) is 0 Å². The van der Waals surface area contributed by atoms with Gasteiger partial charge in [0.05, 0.1) is 12.6 Å². The van der Waals surface area contributed by atoms with Crippen LogP contribution in [-0.2, 0) is 6.54 Å². The third-order valence-corrected chi connectivity index (χ3v) is 6.07. The summed E-state index contributed by atoms with van der Waals surface area (Å²) in [6.45, 7) is 6.79. The van der Waals surface area contributed by atoms with Gasteiger partial charge >= 0.3 is 0 Å². The van der Waals surface area contributed by atoms with Gasteiger partial charge in [0.15, 0.2) is 11.5 Å². The maximum atomic E-state index is 13.6. The number of ether oxygens (including phenoxy) is 2. The van der Waals surface area contributed by atoms with Gasteiger partial charge < -0.3 is 19.5 Å². The number of carbonyl (C=O) groups is 1. The molecular weight excluding hydrogens is 456 g/mol. The van der Waals surface area contributed by atoms with E-state index in [-0.39, 0.29) is 11.7 Å². The van der Waals surface area contributed by atoms with Crippen molar-refractivity contribution in [3.8, 4) is 28.5 Å². The average molecular weight is 483 g/mol. The first-order valence-electron chi connectivity index (χ1n) is 11.7. The van der Waals surface area contributed by atoms with Crippen molar-refractivity contribution < 1.29 is 19.4 Å². The number of phenols is 1. The van der Waals surface area contributed by atoms with Crippen molar-refractivity contribution in [1.82, 2.24) is 20.1 Å². The Bertz CT molecular complexity index is 1400. The predicted octanol–water partition coefficient (Wildman–Crippen LogP) is 4.89. The number of nitrogens with zero attached hydrogens (tertiary/aromatic N) is 3. The van der Waals surface area contributed by atoms with Crippen LogP contribution in [0.1, 0.15) is 40.1 Å². The molecule has 1 amide bonds. The molecule has 8 heteroatoms. The van der Waals surface area contributed by atoms with E-state index in [1.54, 1.807) is 41.6 Å². The molecule has 1 atom stereocenters. The first-order chi connectivity index (χ1) is 17.6. The molecule has 0 aliphatic carbocycles. The highest BCUT2D eigenvalue weighted by Gasteiger charge is 2.42. The summed E-state index contributed by atoms with van der Waals surface area (Å²) in [5, 5.41) is 17.9. The number of fused-ring (bicyclic) bond motifs is 1. The number of para-hydroxylation sites is 1. The van der Waals surface area contributed by atoms with Gasteiger partial charge in [0.25, 0.3) is 5.91 Å². The topological polar surface area (TPSA) is 101 Å². The summed E-state index contributed by atoms with van der Waals surface area (Å²) in [5.74, 6) is 1.09. The second kappa shape index (κ2) is 9.95. The molecule has 8 nitrogen and oxygen atoms in total. The molecule has 2 N–H and O–H groups in total. The zero-order valence-electron chi connectivity index (χ0n) is 19.8. The molecule has 0 bridgehead atoms. The lowest BCUT2D eigenvalue weighted by molar-refractivity contribution is 0.0729. The van der Waals surface area contributed by atoms with Crippen molar-refractivity contribution in [3.05, 3.63) is 102 Å². The molecule has 5 rings (SSSR count). The number of H-pyrrole nitrogens is 1. The molecule has 0 saturated heterocycles. The summed E-state index contributed by atoms with van der Waals surface area (Å²) in [7, 11) is 0. The van der Waals surface area contributed by atoms with Crippen molar-refractivity contribution in [2.24, 2.45) is 0 Å². The van der Waals surface area contributed by atoms with E-state index in [9.17, 15) is 9.90 Å². The van der Waals surface area contributed by atoms with E-state index < -0.39 is 6.04 Å². The Morgan fingerprint density at radius 1 is 1.11 bits per heavy atom. The molecule has 1 aliphatic heterocycles. The molecule has 0 saturated carbocycles. The van der Waals surface area contributed by atoms with E-state index in [0.717, 1.165) is 11.1 Å². The van der Waals surface area contributed by atoms with Gasteiger partial charge in [-0.15, -0.1) is 0 Å². The quantitative estimate of drug-likeness (QED) is 0.330. The van der Waals surface area contributed by atoms with Gasteiger partial charge in [0.2, 0.25) is 0 Å². The van der Waals surface area contributed by atoms with Crippen molar-refractivity contribution in [2.75, 3.05) is 13.2 Å². The van der Waals surface area contributed by atoms with Crippen LogP contribution < -0.4 is 9.47 Å². The third kappa shape index (κ3) is 4.17. The van der Waals surface area contributed by atoms with Crippen LogP contribution in [0.5, 0.6) is 17.2 Å². The Balaban J connectivity index is 1.65. The fourth-order valence-corrected chi connectivity index (χ4v) is 4.50. The fraction of sp³-hybridized carbons (Fsp3) is 0.179. The number of phenolic OH excluding ortho intramolecular Hbond substituents is 1. The SMILES string of the molecule is C=CCOc1ccc([C@H]2c3c(-c4ccccc4O)n[nH]c3C(=O)N2Cc2ccncc2)cc1OCC. The molecule has 0 spiro atoms. The second-order valence-corrected chi connectivity index (χ2v) is 8.31. The van der Waals surface area contributed by atoms with E-state index in [1.165, 1.54) is 0 Å². The Kier molecular flexibility index (Phi) is 6.40. The van der Waals surface area contributed by atoms with Crippen molar-refractivity contribution >= 4 is 5.91 Å². The van der Waals surface area contributed by atoms with Gasteiger partial charge in [-0.05, 0) is 54.4 Å². The molecule has 36 heavy (non-hydrogen) atoms. The highest BCUT2D eigenvalue weighted by Crippen LogP contribution is 2.46. The molecule has 0 fully saturated rings. The van der Waals surface area contributed by atoms with Gasteiger partial charge in [0, 0.05) is 30.1 Å². The fourth-order valence-electron chi connectivity index (χ4n) is 4.50. The van der Waals surface area contributed by atoms with Gasteiger partial charge in [0.1, 0.15) is 23.7 Å². The van der Waals surface area contributed by atoms with Crippen LogP contribution in [0, 0.1) is 0 Å². The molecule has 0 radical (unpaired) electrons. The van der Waals surface area contributed by atoms with E-state index in [1.807, 2.05) is 43.3 Å². The predicted molar refractivity (Wildman–Crippen MR) is 135 cm³/mol. The monoisotopic (exact) mass is 482 g/mol. The molecule has 3 heterocycles. The van der Waals surface area contributed by atoms with Crippen LogP contribution >= 0.6 is 0 Å². The Morgan fingerprint density at radius 2 is 1.92 bits per heavy atom. The smallest absolute Gasteiger partial charge is 0.273 e. The molecule has 4 aromatic rings. The average Bonchev–Trinajstić information content (AvgIpc) is 3.43. The molecule has 2 aromatic carbocycles. The zero-order chi connectivity index (χ0) is 25.1. The van der Waals surface area contributed by atoms with Crippen LogP contribution in [0.25, 0.3) is 11.3 Å². The number of amides is 1. The number of pyridine rings is 1. The molecule has 2 aromatic heterocycles. The zero-order valence-corrected chi connectivity index (χ0v) is 19.8. The number of carbonyl (C=O) groups excluding carboxylic acids is 1. The van der Waals surface area contributed by atoms with Gasteiger partial charge in [-0.3, -0.25) is 14.9 Å². The standard InChI is InChI=1S/C28H26N4O4/c1-3-15-36-22-10-9-19(16-23(22)35-4-2)27-24-25(20-7-5-6-8-21(20)33)30-31-26(24)28(34)32(27)17-18-11-13-29-14-12-18/h3,5-14,16,27,33H,1,4,15,17H2,2H3,(H,30,31)/t27-/m0/s1. The lowest BCUT2D eigenvalue weighted by Crippen LogP contribution is -2.29. The summed E-state index contributed by atoms with van der Waals surface area (Å²) < 4.78 is 11.7. The Hall–Kier alpha value is -4.59. The molecule has 182 valence electrons. The van der Waals surface area contributed by atoms with E-state index in [0.29, 0.717) is 53.8 Å². The van der Waals surface area contributed by atoms with Crippen LogP contribution in [0.3, 0.4) is 0 Å². The summed E-state index contributed by atoms with van der Waals surface area (Å²) >= 11 is 0. The summed E-state index contributed by atoms with van der Waals surface area (Å²) in [5.41, 5.74) is 3.97. The number of aromatic nitrogens is 3. The number of nitrogens with one attached hydrogen (secondary N) is 1. The second-order valence-electron chi connectivity index (χ2n) is 8.31. The lowest BCUT2D eigenvalue weighted by Gasteiger charge is -2.27. The van der Waals surface area contributed by atoms with Crippen molar-refractivity contribution in [3.63, 3.8) is 0 Å². The minimum Gasteiger partial charge on any atom is -0.507 e. The van der Waals surface area contributed by atoms with Crippen LogP contribution in [-0.4, -0.2) is 44.3 Å². The minimum absolute atomic E-state index is 0.0914. The largest absolute Gasteiger partial charge is 0.507 e. The normalized spacial score (nSPS) is 14.5. The van der Waals surface area contributed by atoms with Crippen LogP contribution in [0.2, 0.25) is 0 Å². The molecule has 0 unspecified atom stereocenters. The first-order valence-corrected chi connectivity index (χ1v) is 11.7. The maximum Gasteiger partial charge on any atom is 0.273 e. The summed E-state index contributed by atoms with van der Waals surface area (Å²) in [4.78, 5) is 19.5. The van der Waals surface area contributed by atoms with Gasteiger partial charge in [-0.25, -0.2) is 0 Å². The number of rotatable bonds is 9. The number of hydrogen-bond donors (Lipinski definition) is 2. The van der Waals surface area contributed by atoms with Gasteiger partial charge in [-0.2, -0.15) is 5.10 Å². The Morgan fingerprint density at radius 3 is 2.67 bits per heavy atom. The number of aromatic amines is 1. The van der Waals surface area contributed by atoms with Crippen LogP contribution in [0.15, 0.2) is 79.6 Å². The summed E-state index contributed by atoms with van der Waals surface area (Å²) in [6, 6.07) is 15.9. The molecule has 1 aliphatic rings. The minimum atomic E-state index is -0.471. The van der Waals surface area contributed by atoms with E-state index >= 15 is 0 Å². The highest BCUT2D eigenvalue weighted by molar-refractivity contribution is 6.00. The van der Waals surface area contributed by atoms with E-state index in [4.69, 9.17) is 9.47 Å². The maximum absolute atomic E-state index is 13.6. The van der Waals surface area contributed by atoms with Gasteiger partial charge in [-0.1, -0.05) is 30.9 Å². The van der Waals surface area contributed by atoms with Crippen molar-refractivity contribution in [1.29, 1.82) is 0 Å². The Labute approximate surface area is 208 Å². The number of hydrogen-bond acceptors (Lipinski definition) is 6. The number of aromatic hydroxyl groups is 1. The van der Waals surface area contributed by atoms with Crippen molar-refractivity contribution in [2.45, 2.75) is 19.5 Å². The molecular formula is C28H26N4O4.